The monoisotopic (exact) mass is 581 g/mol. The summed E-state index contributed by atoms with van der Waals surface area (Å²) in [5.74, 6) is -0.116. The standard InChI is InChI=1S/C29H28ClN3O6S/c1-37-24-12-7-18(15-25(24)38-2)13-14-32(29(40)31-21-6-4-5-20(30)16-21)23-17-26(34)33(27(23)35)22-10-8-19(9-11-22)28(36)39-3/h4-12,15-16,23H,13-14,17H2,1-3H3,(H,31,40). The van der Waals surface area contributed by atoms with Crippen molar-refractivity contribution < 1.29 is 28.6 Å². The van der Waals surface area contributed by atoms with Crippen LogP contribution in [0, 0.1) is 0 Å². The fraction of sp³-hybridized carbons (Fsp3) is 0.241. The average molecular weight is 582 g/mol. The van der Waals surface area contributed by atoms with Gasteiger partial charge in [0.05, 0.1) is 39.0 Å². The number of halogens is 1. The Balaban J connectivity index is 1.60. The van der Waals surface area contributed by atoms with Crippen molar-refractivity contribution in [2.24, 2.45) is 0 Å². The minimum atomic E-state index is -0.841. The lowest BCUT2D eigenvalue weighted by molar-refractivity contribution is -0.122. The van der Waals surface area contributed by atoms with E-state index in [0.29, 0.717) is 46.4 Å². The number of hydrogen-bond donors (Lipinski definition) is 1. The van der Waals surface area contributed by atoms with E-state index in [4.69, 9.17) is 38.0 Å². The zero-order chi connectivity index (χ0) is 28.8. The molecule has 9 nitrogen and oxygen atoms in total. The third kappa shape index (κ3) is 6.35. The lowest BCUT2D eigenvalue weighted by Crippen LogP contribution is -2.48. The average Bonchev–Trinajstić information content (AvgIpc) is 3.25. The summed E-state index contributed by atoms with van der Waals surface area (Å²) in [7, 11) is 4.41. The molecule has 3 aromatic carbocycles. The van der Waals surface area contributed by atoms with Crippen molar-refractivity contribution in [3.63, 3.8) is 0 Å². The molecule has 0 aliphatic carbocycles. The summed E-state index contributed by atoms with van der Waals surface area (Å²) in [6, 6.07) is 17.9. The van der Waals surface area contributed by atoms with E-state index >= 15 is 0 Å². The summed E-state index contributed by atoms with van der Waals surface area (Å²) in [6.07, 6.45) is 0.435. The molecule has 11 heteroatoms. The van der Waals surface area contributed by atoms with Crippen LogP contribution < -0.4 is 19.7 Å². The normalized spacial score (nSPS) is 14.6. The van der Waals surface area contributed by atoms with Gasteiger partial charge in [-0.3, -0.25) is 9.59 Å². The second-order valence-electron chi connectivity index (χ2n) is 8.90. The maximum atomic E-state index is 13.7. The zero-order valence-electron chi connectivity index (χ0n) is 22.2. The van der Waals surface area contributed by atoms with Crippen molar-refractivity contribution in [1.82, 2.24) is 4.90 Å². The predicted molar refractivity (Wildman–Crippen MR) is 156 cm³/mol. The quantitative estimate of drug-likeness (QED) is 0.219. The van der Waals surface area contributed by atoms with Crippen LogP contribution in [0.1, 0.15) is 22.3 Å². The van der Waals surface area contributed by atoms with Crippen LogP contribution in [0.5, 0.6) is 11.5 Å². The molecule has 2 amide bonds. The van der Waals surface area contributed by atoms with E-state index in [1.165, 1.54) is 19.2 Å². The zero-order valence-corrected chi connectivity index (χ0v) is 23.8. The molecule has 0 saturated carbocycles. The first kappa shape index (κ1) is 28.8. The summed E-state index contributed by atoms with van der Waals surface area (Å²) >= 11 is 11.9. The lowest BCUT2D eigenvalue weighted by Gasteiger charge is -2.30. The number of nitrogens with one attached hydrogen (secondary N) is 1. The number of thiocarbonyl (C=S) groups is 1. The number of carbonyl (C=O) groups is 3. The largest absolute Gasteiger partial charge is 0.493 e. The van der Waals surface area contributed by atoms with Gasteiger partial charge in [-0.25, -0.2) is 9.69 Å². The van der Waals surface area contributed by atoms with E-state index in [0.717, 1.165) is 10.5 Å². The first-order valence-corrected chi connectivity index (χ1v) is 13.1. The number of methoxy groups -OCH3 is 3. The maximum Gasteiger partial charge on any atom is 0.337 e. The molecule has 4 rings (SSSR count). The first-order valence-electron chi connectivity index (χ1n) is 12.3. The SMILES string of the molecule is COC(=O)c1ccc(N2C(=O)CC(N(CCc3ccc(OC)c(OC)c3)C(=S)Nc3cccc(Cl)c3)C2=O)cc1. The van der Waals surface area contributed by atoms with Gasteiger partial charge in [-0.15, -0.1) is 0 Å². The van der Waals surface area contributed by atoms with Crippen LogP contribution in [0.4, 0.5) is 11.4 Å². The number of ether oxygens (including phenoxy) is 3. The lowest BCUT2D eigenvalue weighted by atomic mass is 10.1. The van der Waals surface area contributed by atoms with Crippen LogP contribution in [0.3, 0.4) is 0 Å². The van der Waals surface area contributed by atoms with Gasteiger partial charge in [0.25, 0.3) is 5.91 Å². The number of anilines is 2. The topological polar surface area (TPSA) is 97.4 Å². The third-order valence-corrected chi connectivity index (χ3v) is 7.04. The summed E-state index contributed by atoms with van der Waals surface area (Å²) in [4.78, 5) is 41.4. The van der Waals surface area contributed by atoms with E-state index in [-0.39, 0.29) is 17.4 Å². The third-order valence-electron chi connectivity index (χ3n) is 6.47. The Morgan fingerprint density at radius 1 is 1.02 bits per heavy atom. The molecule has 0 aromatic heterocycles. The van der Waals surface area contributed by atoms with Crippen molar-refractivity contribution in [1.29, 1.82) is 0 Å². The van der Waals surface area contributed by atoms with Gasteiger partial charge in [-0.1, -0.05) is 23.7 Å². The molecular weight excluding hydrogens is 554 g/mol. The van der Waals surface area contributed by atoms with Gasteiger partial charge in [0.15, 0.2) is 16.6 Å². The Hall–Kier alpha value is -4.15. The summed E-state index contributed by atoms with van der Waals surface area (Å²) < 4.78 is 15.5. The fourth-order valence-corrected chi connectivity index (χ4v) is 4.97. The molecule has 3 aromatic rings. The Morgan fingerprint density at radius 2 is 1.75 bits per heavy atom. The molecular formula is C29H28ClN3O6S. The molecule has 1 atom stereocenters. The van der Waals surface area contributed by atoms with Gasteiger partial charge in [0, 0.05) is 17.3 Å². The number of amides is 2. The molecule has 40 heavy (non-hydrogen) atoms. The van der Waals surface area contributed by atoms with Crippen LogP contribution in [0.15, 0.2) is 66.7 Å². The number of rotatable bonds is 9. The van der Waals surface area contributed by atoms with Crippen LogP contribution in [0.2, 0.25) is 5.02 Å². The van der Waals surface area contributed by atoms with Crippen LogP contribution in [-0.2, 0) is 20.7 Å². The molecule has 0 spiro atoms. The van der Waals surface area contributed by atoms with Crippen LogP contribution in [0.25, 0.3) is 0 Å². The molecule has 1 N–H and O–H groups in total. The van der Waals surface area contributed by atoms with Gasteiger partial charge in [-0.2, -0.15) is 0 Å². The van der Waals surface area contributed by atoms with E-state index in [9.17, 15) is 14.4 Å². The molecule has 0 radical (unpaired) electrons. The number of hydrogen-bond acceptors (Lipinski definition) is 7. The Bertz CT molecular complexity index is 1430. The van der Waals surface area contributed by atoms with Crippen LogP contribution in [-0.4, -0.2) is 61.7 Å². The Labute approximate surface area is 242 Å². The number of benzene rings is 3. The van der Waals surface area contributed by atoms with E-state index < -0.39 is 17.9 Å². The number of imide groups is 1. The van der Waals surface area contributed by atoms with Gasteiger partial charge in [0.2, 0.25) is 5.91 Å². The summed E-state index contributed by atoms with van der Waals surface area (Å²) in [5, 5.41) is 3.95. The second-order valence-corrected chi connectivity index (χ2v) is 9.72. The summed E-state index contributed by atoms with van der Waals surface area (Å²) in [6.45, 7) is 0.334. The molecule has 1 heterocycles. The Kier molecular flexibility index (Phi) is 9.23. The van der Waals surface area contributed by atoms with Crippen molar-refractivity contribution in [2.75, 3.05) is 38.1 Å². The molecule has 1 fully saturated rings. The van der Waals surface area contributed by atoms with E-state index in [1.807, 2.05) is 24.3 Å². The maximum absolute atomic E-state index is 13.7. The number of carbonyl (C=O) groups excluding carboxylic acids is 3. The second kappa shape index (κ2) is 12.8. The molecule has 1 unspecified atom stereocenters. The first-order chi connectivity index (χ1) is 19.2. The molecule has 0 bridgehead atoms. The molecule has 208 valence electrons. The Morgan fingerprint density at radius 3 is 2.40 bits per heavy atom. The van der Waals surface area contributed by atoms with Crippen molar-refractivity contribution in [3.05, 3.63) is 82.9 Å². The highest BCUT2D eigenvalue weighted by atomic mass is 35.5. The highest BCUT2D eigenvalue weighted by molar-refractivity contribution is 7.80. The summed E-state index contributed by atoms with van der Waals surface area (Å²) in [5.41, 5.74) is 2.25. The number of nitrogens with zero attached hydrogens (tertiary/aromatic N) is 2. The van der Waals surface area contributed by atoms with E-state index in [1.54, 1.807) is 49.5 Å². The predicted octanol–water partition coefficient (Wildman–Crippen LogP) is 4.72. The van der Waals surface area contributed by atoms with Crippen LogP contribution >= 0.6 is 23.8 Å². The molecule has 1 aliphatic rings. The smallest absolute Gasteiger partial charge is 0.337 e. The van der Waals surface area contributed by atoms with Gasteiger partial charge in [0.1, 0.15) is 6.04 Å². The minimum Gasteiger partial charge on any atom is -0.493 e. The van der Waals surface area contributed by atoms with Gasteiger partial charge < -0.3 is 24.4 Å². The van der Waals surface area contributed by atoms with Gasteiger partial charge in [-0.05, 0) is 78.8 Å². The highest BCUT2D eigenvalue weighted by Gasteiger charge is 2.43. The number of esters is 1. The fourth-order valence-electron chi connectivity index (χ4n) is 4.44. The van der Waals surface area contributed by atoms with Crippen molar-refractivity contribution in [2.45, 2.75) is 18.9 Å². The van der Waals surface area contributed by atoms with Crippen molar-refractivity contribution in [3.8, 4) is 11.5 Å². The molecule has 1 aliphatic heterocycles. The molecule has 1 saturated heterocycles. The van der Waals surface area contributed by atoms with E-state index in [2.05, 4.69) is 5.32 Å². The van der Waals surface area contributed by atoms with Gasteiger partial charge >= 0.3 is 5.97 Å². The van der Waals surface area contributed by atoms with Crippen molar-refractivity contribution >= 4 is 58.1 Å². The highest BCUT2D eigenvalue weighted by Crippen LogP contribution is 2.30. The minimum absolute atomic E-state index is 0.0686.